The van der Waals surface area contributed by atoms with Crippen molar-refractivity contribution < 1.29 is 5.21 Å². The fraction of sp³-hybridized carbons (Fsp3) is 0.182. The van der Waals surface area contributed by atoms with E-state index in [9.17, 15) is 5.21 Å². The fourth-order valence-corrected chi connectivity index (χ4v) is 4.09. The second-order valence-corrected chi connectivity index (χ2v) is 7.95. The summed E-state index contributed by atoms with van der Waals surface area (Å²) in [7, 11) is 0. The molecule has 3 nitrogen and oxygen atoms in total. The van der Waals surface area contributed by atoms with Gasteiger partial charge in [0, 0.05) is 22.1 Å². The SMILES string of the molecule is C/C(C[C@](c1ccc(Br)cc1)(c1ccccn1)c1ccc(Cl)cc1C)=N/O. The molecule has 0 bridgehead atoms. The molecule has 0 spiro atoms. The van der Waals surface area contributed by atoms with E-state index in [1.54, 1.807) is 6.20 Å². The number of oxime groups is 1. The van der Waals surface area contributed by atoms with Crippen LogP contribution in [-0.4, -0.2) is 15.9 Å². The molecule has 138 valence electrons. The van der Waals surface area contributed by atoms with Gasteiger partial charge in [-0.05, 0) is 66.9 Å². The maximum atomic E-state index is 9.44. The third-order valence-corrected chi connectivity index (χ3v) is 5.54. The van der Waals surface area contributed by atoms with E-state index in [1.165, 1.54) is 0 Å². The van der Waals surface area contributed by atoms with Crippen molar-refractivity contribution in [3.8, 4) is 0 Å². The third kappa shape index (κ3) is 3.92. The fourth-order valence-electron chi connectivity index (χ4n) is 3.60. The Hall–Kier alpha value is -2.17. The van der Waals surface area contributed by atoms with Gasteiger partial charge in [0.05, 0.1) is 16.8 Å². The second-order valence-electron chi connectivity index (χ2n) is 6.60. The van der Waals surface area contributed by atoms with Crippen LogP contribution in [0.25, 0.3) is 0 Å². The van der Waals surface area contributed by atoms with Gasteiger partial charge in [-0.15, -0.1) is 0 Å². The van der Waals surface area contributed by atoms with Crippen LogP contribution in [0.2, 0.25) is 5.02 Å². The van der Waals surface area contributed by atoms with Crippen LogP contribution in [-0.2, 0) is 5.41 Å². The number of aromatic nitrogens is 1. The normalized spacial score (nSPS) is 14.0. The standard InChI is InChI=1S/C22H20BrClN2O/c1-15-13-19(24)10-11-20(15)22(14-16(2)26-27,21-5-3-4-12-25-21)17-6-8-18(23)9-7-17/h3-13,27H,14H2,1-2H3/b26-16-/t22-/m1/s1. The van der Waals surface area contributed by atoms with E-state index in [0.717, 1.165) is 26.9 Å². The molecule has 0 fully saturated rings. The highest BCUT2D eigenvalue weighted by atomic mass is 79.9. The molecule has 0 aliphatic rings. The van der Waals surface area contributed by atoms with Crippen LogP contribution >= 0.6 is 27.5 Å². The molecule has 5 heteroatoms. The van der Waals surface area contributed by atoms with Gasteiger partial charge in [0.2, 0.25) is 0 Å². The van der Waals surface area contributed by atoms with Gasteiger partial charge in [-0.2, -0.15) is 0 Å². The molecule has 2 aromatic carbocycles. The highest BCUT2D eigenvalue weighted by Gasteiger charge is 2.39. The number of pyridine rings is 1. The smallest absolute Gasteiger partial charge is 0.0679 e. The Labute approximate surface area is 172 Å². The Morgan fingerprint density at radius 2 is 1.89 bits per heavy atom. The maximum absolute atomic E-state index is 9.44. The van der Waals surface area contributed by atoms with E-state index >= 15 is 0 Å². The summed E-state index contributed by atoms with van der Waals surface area (Å²) in [5.74, 6) is 0. The van der Waals surface area contributed by atoms with Gasteiger partial charge in [0.15, 0.2) is 0 Å². The molecule has 1 heterocycles. The average Bonchev–Trinajstić information content (AvgIpc) is 2.68. The Kier molecular flexibility index (Phi) is 5.98. The maximum Gasteiger partial charge on any atom is 0.0679 e. The van der Waals surface area contributed by atoms with E-state index in [2.05, 4.69) is 33.2 Å². The summed E-state index contributed by atoms with van der Waals surface area (Å²) in [5, 5.41) is 13.6. The highest BCUT2D eigenvalue weighted by Crippen LogP contribution is 2.43. The molecule has 0 saturated carbocycles. The van der Waals surface area contributed by atoms with Crippen LogP contribution in [0.1, 0.15) is 35.7 Å². The number of rotatable bonds is 5. The molecule has 0 amide bonds. The summed E-state index contributed by atoms with van der Waals surface area (Å²) in [5.41, 5.74) is 4.11. The number of hydrogen-bond donors (Lipinski definition) is 1. The molecule has 27 heavy (non-hydrogen) atoms. The molecule has 1 N–H and O–H groups in total. The molecule has 0 aliphatic heterocycles. The van der Waals surface area contributed by atoms with Crippen LogP contribution < -0.4 is 0 Å². The lowest BCUT2D eigenvalue weighted by molar-refractivity contribution is 0.316. The van der Waals surface area contributed by atoms with Crippen molar-refractivity contribution in [2.45, 2.75) is 25.7 Å². The van der Waals surface area contributed by atoms with Gasteiger partial charge in [-0.1, -0.05) is 57.0 Å². The lowest BCUT2D eigenvalue weighted by Gasteiger charge is -2.36. The molecule has 0 unspecified atom stereocenters. The van der Waals surface area contributed by atoms with E-state index in [-0.39, 0.29) is 0 Å². The van der Waals surface area contributed by atoms with Gasteiger partial charge in [0.25, 0.3) is 0 Å². The van der Waals surface area contributed by atoms with E-state index in [1.807, 2.05) is 62.4 Å². The Morgan fingerprint density at radius 1 is 1.15 bits per heavy atom. The van der Waals surface area contributed by atoms with Crippen LogP contribution in [0.3, 0.4) is 0 Å². The molecule has 1 aromatic heterocycles. The molecular formula is C22H20BrClN2O. The van der Waals surface area contributed by atoms with Gasteiger partial charge < -0.3 is 5.21 Å². The van der Waals surface area contributed by atoms with Crippen LogP contribution in [0.15, 0.2) is 76.5 Å². The Morgan fingerprint density at radius 3 is 2.48 bits per heavy atom. The van der Waals surface area contributed by atoms with Crippen LogP contribution in [0.5, 0.6) is 0 Å². The average molecular weight is 444 g/mol. The van der Waals surface area contributed by atoms with Crippen molar-refractivity contribution in [2.75, 3.05) is 0 Å². The second kappa shape index (κ2) is 8.24. The first kappa shape index (κ1) is 19.6. The number of halogens is 2. The van der Waals surface area contributed by atoms with Crippen molar-refractivity contribution >= 4 is 33.2 Å². The molecular weight excluding hydrogens is 424 g/mol. The van der Waals surface area contributed by atoms with Crippen LogP contribution in [0.4, 0.5) is 0 Å². The zero-order valence-corrected chi connectivity index (χ0v) is 17.5. The molecule has 0 saturated heterocycles. The zero-order valence-electron chi connectivity index (χ0n) is 15.2. The number of nitrogens with zero attached hydrogens (tertiary/aromatic N) is 2. The number of aryl methyl sites for hydroxylation is 1. The minimum absolute atomic E-state index is 0.491. The quantitative estimate of drug-likeness (QED) is 0.282. The van der Waals surface area contributed by atoms with Gasteiger partial charge in [-0.25, -0.2) is 0 Å². The summed E-state index contributed by atoms with van der Waals surface area (Å²) in [6, 6.07) is 20.0. The molecule has 0 aliphatic carbocycles. The minimum Gasteiger partial charge on any atom is -0.411 e. The van der Waals surface area contributed by atoms with Crippen molar-refractivity contribution in [1.29, 1.82) is 0 Å². The van der Waals surface area contributed by atoms with E-state index in [0.29, 0.717) is 17.2 Å². The summed E-state index contributed by atoms with van der Waals surface area (Å²) < 4.78 is 1.00. The molecule has 3 rings (SSSR count). The summed E-state index contributed by atoms with van der Waals surface area (Å²) in [4.78, 5) is 4.70. The summed E-state index contributed by atoms with van der Waals surface area (Å²) >= 11 is 9.74. The largest absolute Gasteiger partial charge is 0.411 e. The Bertz CT molecular complexity index is 958. The van der Waals surface area contributed by atoms with Gasteiger partial charge in [-0.3, -0.25) is 4.98 Å². The van der Waals surface area contributed by atoms with Crippen LogP contribution in [0, 0.1) is 6.92 Å². The third-order valence-electron chi connectivity index (χ3n) is 4.78. The van der Waals surface area contributed by atoms with E-state index < -0.39 is 5.41 Å². The summed E-state index contributed by atoms with van der Waals surface area (Å²) in [6.45, 7) is 3.87. The van der Waals surface area contributed by atoms with Crippen molar-refractivity contribution in [2.24, 2.45) is 5.16 Å². The first-order chi connectivity index (χ1) is 13.0. The first-order valence-corrected chi connectivity index (χ1v) is 9.76. The highest BCUT2D eigenvalue weighted by molar-refractivity contribution is 9.10. The Balaban J connectivity index is 2.39. The monoisotopic (exact) mass is 442 g/mol. The number of hydrogen-bond acceptors (Lipinski definition) is 3. The lowest BCUT2D eigenvalue weighted by Crippen LogP contribution is -2.33. The van der Waals surface area contributed by atoms with Gasteiger partial charge in [0.1, 0.15) is 0 Å². The molecule has 3 aromatic rings. The van der Waals surface area contributed by atoms with Crippen molar-refractivity contribution in [3.05, 3.63) is 98.7 Å². The molecule has 0 radical (unpaired) electrons. The number of benzene rings is 2. The lowest BCUT2D eigenvalue weighted by atomic mass is 9.67. The molecule has 1 atom stereocenters. The van der Waals surface area contributed by atoms with Crippen molar-refractivity contribution in [1.82, 2.24) is 4.98 Å². The van der Waals surface area contributed by atoms with E-state index in [4.69, 9.17) is 16.6 Å². The minimum atomic E-state index is -0.604. The predicted octanol–water partition coefficient (Wildman–Crippen LogP) is 6.38. The van der Waals surface area contributed by atoms with Gasteiger partial charge >= 0.3 is 0 Å². The first-order valence-electron chi connectivity index (χ1n) is 8.59. The van der Waals surface area contributed by atoms with Crippen molar-refractivity contribution in [3.63, 3.8) is 0 Å². The zero-order chi connectivity index (χ0) is 19.4. The summed E-state index contributed by atoms with van der Waals surface area (Å²) in [6.07, 6.45) is 2.28. The predicted molar refractivity (Wildman–Crippen MR) is 114 cm³/mol. The topological polar surface area (TPSA) is 45.5 Å².